The molecule has 2 saturated heterocycles. The van der Waals surface area contributed by atoms with Crippen LogP contribution in [0.25, 0.3) is 0 Å². The van der Waals surface area contributed by atoms with Crippen LogP contribution in [0.1, 0.15) is 12.8 Å². The molecule has 0 bridgehead atoms. The number of hydrogen-bond donors (Lipinski definition) is 1. The highest BCUT2D eigenvalue weighted by Gasteiger charge is 2.32. The van der Waals surface area contributed by atoms with Crippen LogP contribution in [0.4, 0.5) is 4.39 Å². The zero-order valence-electron chi connectivity index (χ0n) is 15.6. The Labute approximate surface area is 169 Å². The summed E-state index contributed by atoms with van der Waals surface area (Å²) in [6.07, 6.45) is 0.912. The number of carbonyl (C=O) groups excluding carboxylic acids is 1. The van der Waals surface area contributed by atoms with Crippen LogP contribution in [0.5, 0.6) is 0 Å². The van der Waals surface area contributed by atoms with Gasteiger partial charge in [-0.3, -0.25) is 9.69 Å². The van der Waals surface area contributed by atoms with Crippen molar-refractivity contribution in [2.45, 2.75) is 17.7 Å². The summed E-state index contributed by atoms with van der Waals surface area (Å²) < 4.78 is 45.3. The summed E-state index contributed by atoms with van der Waals surface area (Å²) in [4.78, 5) is 14.6. The second kappa shape index (κ2) is 9.49. The number of morpholine rings is 1. The fourth-order valence-corrected chi connectivity index (χ4v) is 5.19. The Morgan fingerprint density at radius 2 is 1.89 bits per heavy atom. The number of sulfonamides is 1. The van der Waals surface area contributed by atoms with Crippen LogP contribution in [-0.2, 0) is 19.6 Å². The van der Waals surface area contributed by atoms with E-state index in [1.807, 2.05) is 0 Å². The minimum absolute atomic E-state index is 0.0323. The minimum Gasteiger partial charge on any atom is -0.379 e. The van der Waals surface area contributed by atoms with E-state index in [-0.39, 0.29) is 34.8 Å². The number of amides is 1. The molecule has 0 unspecified atom stereocenters. The van der Waals surface area contributed by atoms with Crippen molar-refractivity contribution in [3.63, 3.8) is 0 Å². The lowest BCUT2D eigenvalue weighted by atomic mass is 9.97. The molecule has 0 spiro atoms. The average molecular weight is 434 g/mol. The van der Waals surface area contributed by atoms with Gasteiger partial charge in [-0.25, -0.2) is 12.8 Å². The third-order valence-electron chi connectivity index (χ3n) is 5.18. The molecule has 3 rings (SSSR count). The number of nitrogens with zero attached hydrogens (tertiary/aromatic N) is 2. The van der Waals surface area contributed by atoms with E-state index in [2.05, 4.69) is 10.2 Å². The minimum atomic E-state index is -3.75. The zero-order valence-corrected chi connectivity index (χ0v) is 17.1. The Hall–Kier alpha value is -1.26. The Morgan fingerprint density at radius 3 is 2.54 bits per heavy atom. The quantitative estimate of drug-likeness (QED) is 0.732. The molecule has 7 nitrogen and oxygen atoms in total. The van der Waals surface area contributed by atoms with E-state index in [1.165, 1.54) is 10.4 Å². The molecule has 10 heteroatoms. The van der Waals surface area contributed by atoms with Crippen molar-refractivity contribution in [1.82, 2.24) is 14.5 Å². The number of benzene rings is 1. The fraction of sp³-hybridized carbons (Fsp3) is 0.611. The van der Waals surface area contributed by atoms with Gasteiger partial charge in [0.15, 0.2) is 0 Å². The molecule has 0 aromatic heterocycles. The van der Waals surface area contributed by atoms with Crippen LogP contribution in [0, 0.1) is 11.7 Å². The van der Waals surface area contributed by atoms with Crippen molar-refractivity contribution in [1.29, 1.82) is 0 Å². The number of hydrogen-bond acceptors (Lipinski definition) is 5. The Kier molecular flexibility index (Phi) is 7.27. The Morgan fingerprint density at radius 1 is 1.21 bits per heavy atom. The van der Waals surface area contributed by atoms with Gasteiger partial charge in [0.25, 0.3) is 0 Å². The van der Waals surface area contributed by atoms with Crippen molar-refractivity contribution in [3.05, 3.63) is 29.0 Å². The van der Waals surface area contributed by atoms with E-state index in [1.54, 1.807) is 0 Å². The first-order valence-corrected chi connectivity index (χ1v) is 11.2. The molecule has 0 atom stereocenters. The molecule has 2 fully saturated rings. The summed E-state index contributed by atoms with van der Waals surface area (Å²) in [6.45, 7) is 5.05. The Bertz CT molecular complexity index is 794. The molecule has 2 aliphatic rings. The van der Waals surface area contributed by atoms with Crippen LogP contribution in [-0.4, -0.2) is 76.0 Å². The van der Waals surface area contributed by atoms with Gasteiger partial charge in [-0.15, -0.1) is 0 Å². The van der Waals surface area contributed by atoms with E-state index < -0.39 is 15.8 Å². The number of piperidine rings is 1. The summed E-state index contributed by atoms with van der Waals surface area (Å²) >= 11 is 5.71. The molecule has 0 aliphatic carbocycles. The number of carbonyl (C=O) groups is 1. The highest BCUT2D eigenvalue weighted by Crippen LogP contribution is 2.26. The second-order valence-corrected chi connectivity index (χ2v) is 9.34. The third kappa shape index (κ3) is 5.21. The van der Waals surface area contributed by atoms with Crippen molar-refractivity contribution >= 4 is 27.5 Å². The number of halogens is 2. The third-order valence-corrected chi connectivity index (χ3v) is 7.37. The monoisotopic (exact) mass is 433 g/mol. The lowest BCUT2D eigenvalue weighted by Crippen LogP contribution is -2.45. The highest BCUT2D eigenvalue weighted by atomic mass is 35.5. The molecule has 1 amide bonds. The van der Waals surface area contributed by atoms with Crippen molar-refractivity contribution in [2.75, 3.05) is 52.5 Å². The molecule has 0 radical (unpaired) electrons. The molecular formula is C18H25ClFN3O4S. The van der Waals surface area contributed by atoms with Gasteiger partial charge in [0.1, 0.15) is 5.82 Å². The van der Waals surface area contributed by atoms with Gasteiger partial charge >= 0.3 is 0 Å². The molecule has 28 heavy (non-hydrogen) atoms. The summed E-state index contributed by atoms with van der Waals surface area (Å²) in [5.74, 6) is -0.892. The van der Waals surface area contributed by atoms with Gasteiger partial charge in [0.2, 0.25) is 15.9 Å². The lowest BCUT2D eigenvalue weighted by Gasteiger charge is -2.31. The van der Waals surface area contributed by atoms with Gasteiger partial charge < -0.3 is 10.1 Å². The smallest absolute Gasteiger partial charge is 0.243 e. The molecular weight excluding hydrogens is 409 g/mol. The number of ether oxygens (including phenoxy) is 1. The maximum absolute atomic E-state index is 13.3. The van der Waals surface area contributed by atoms with E-state index in [0.717, 1.165) is 45.0 Å². The standard InChI is InChI=1S/C18H25ClFN3O4S/c19-16-13-15(1-2-17(16)20)28(25,26)23-6-3-14(4-7-23)18(24)21-5-8-22-9-11-27-12-10-22/h1-2,13-14H,3-12H2,(H,21,24). The largest absolute Gasteiger partial charge is 0.379 e. The lowest BCUT2D eigenvalue weighted by molar-refractivity contribution is -0.126. The van der Waals surface area contributed by atoms with Crippen molar-refractivity contribution in [3.8, 4) is 0 Å². The molecule has 1 aromatic rings. The summed E-state index contributed by atoms with van der Waals surface area (Å²) in [6, 6.07) is 3.38. The SMILES string of the molecule is O=C(NCCN1CCOCC1)C1CCN(S(=O)(=O)c2ccc(F)c(Cl)c2)CC1. The molecule has 2 aliphatic heterocycles. The van der Waals surface area contributed by atoms with Gasteiger partial charge in [0.05, 0.1) is 23.1 Å². The maximum Gasteiger partial charge on any atom is 0.243 e. The number of nitrogens with one attached hydrogen (secondary N) is 1. The van der Waals surface area contributed by atoms with Gasteiger partial charge in [-0.05, 0) is 31.0 Å². The molecule has 2 heterocycles. The molecule has 156 valence electrons. The first-order valence-electron chi connectivity index (χ1n) is 9.41. The summed E-state index contributed by atoms with van der Waals surface area (Å²) in [5, 5.41) is 2.72. The van der Waals surface area contributed by atoms with Crippen LogP contribution in [0.15, 0.2) is 23.1 Å². The van der Waals surface area contributed by atoms with Crippen LogP contribution in [0.2, 0.25) is 5.02 Å². The van der Waals surface area contributed by atoms with Crippen LogP contribution in [0.3, 0.4) is 0 Å². The molecule has 0 saturated carbocycles. The summed E-state index contributed by atoms with van der Waals surface area (Å²) in [7, 11) is -3.75. The Balaban J connectivity index is 1.47. The zero-order chi connectivity index (χ0) is 20.1. The molecule has 1 aromatic carbocycles. The summed E-state index contributed by atoms with van der Waals surface area (Å²) in [5.41, 5.74) is 0. The van der Waals surface area contributed by atoms with Gasteiger partial charge in [-0.2, -0.15) is 4.31 Å². The molecule has 1 N–H and O–H groups in total. The maximum atomic E-state index is 13.3. The highest BCUT2D eigenvalue weighted by molar-refractivity contribution is 7.89. The second-order valence-electron chi connectivity index (χ2n) is 7.00. The van der Waals surface area contributed by atoms with E-state index in [0.29, 0.717) is 19.4 Å². The van der Waals surface area contributed by atoms with E-state index in [4.69, 9.17) is 16.3 Å². The van der Waals surface area contributed by atoms with E-state index in [9.17, 15) is 17.6 Å². The van der Waals surface area contributed by atoms with Crippen LogP contribution < -0.4 is 5.32 Å². The van der Waals surface area contributed by atoms with Crippen molar-refractivity contribution in [2.24, 2.45) is 5.92 Å². The van der Waals surface area contributed by atoms with Crippen molar-refractivity contribution < 1.29 is 22.3 Å². The van der Waals surface area contributed by atoms with Crippen LogP contribution >= 0.6 is 11.6 Å². The predicted octanol–water partition coefficient (Wildman–Crippen LogP) is 1.33. The first-order chi connectivity index (χ1) is 13.4. The normalized spacial score (nSPS) is 20.2. The van der Waals surface area contributed by atoms with E-state index >= 15 is 0 Å². The predicted molar refractivity (Wildman–Crippen MR) is 103 cm³/mol. The van der Waals surface area contributed by atoms with Gasteiger partial charge in [-0.1, -0.05) is 11.6 Å². The van der Waals surface area contributed by atoms with Gasteiger partial charge in [0, 0.05) is 45.2 Å². The fourth-order valence-electron chi connectivity index (χ4n) is 3.45. The first kappa shape index (κ1) is 21.4. The average Bonchev–Trinajstić information content (AvgIpc) is 2.71. The topological polar surface area (TPSA) is 79.0 Å². The number of rotatable bonds is 6.